The van der Waals surface area contributed by atoms with Crippen LogP contribution in [-0.4, -0.2) is 20.6 Å². The number of halogens is 1. The van der Waals surface area contributed by atoms with Crippen molar-refractivity contribution >= 4 is 33.0 Å². The molecule has 0 bridgehead atoms. The maximum atomic E-state index is 12.7. The van der Waals surface area contributed by atoms with Gasteiger partial charge in [-0.05, 0) is 72.5 Å². The summed E-state index contributed by atoms with van der Waals surface area (Å²) in [4.78, 5) is 12.9. The lowest BCUT2D eigenvalue weighted by molar-refractivity contribution is 0.102. The Labute approximate surface area is 170 Å². The maximum absolute atomic E-state index is 12.7. The predicted molar refractivity (Wildman–Crippen MR) is 114 cm³/mol. The van der Waals surface area contributed by atoms with Crippen molar-refractivity contribution < 1.29 is 13.2 Å². The number of carbonyl (C=O) groups excluding carboxylic acids is 1. The molecule has 28 heavy (non-hydrogen) atoms. The summed E-state index contributed by atoms with van der Waals surface area (Å²) < 4.78 is 23.6. The third kappa shape index (κ3) is 4.43. The average Bonchev–Trinajstić information content (AvgIpc) is 2.62. The number of nitrogens with one attached hydrogen (secondary N) is 1. The van der Waals surface area contributed by atoms with Crippen LogP contribution in [0.5, 0.6) is 0 Å². The lowest BCUT2D eigenvalue weighted by Gasteiger charge is -2.13. The Morgan fingerprint density at radius 1 is 0.893 bits per heavy atom. The molecule has 0 aromatic heterocycles. The van der Waals surface area contributed by atoms with E-state index in [4.69, 9.17) is 11.6 Å². The maximum Gasteiger partial charge on any atom is 0.255 e. The second-order valence-electron chi connectivity index (χ2n) is 6.74. The minimum atomic E-state index is -3.39. The average molecular weight is 414 g/mol. The Morgan fingerprint density at radius 3 is 2.25 bits per heavy atom. The van der Waals surface area contributed by atoms with Crippen molar-refractivity contribution in [1.29, 1.82) is 0 Å². The summed E-state index contributed by atoms with van der Waals surface area (Å²) in [6, 6.07) is 17.8. The molecule has 0 atom stereocenters. The molecule has 0 saturated carbocycles. The molecule has 4 nitrogen and oxygen atoms in total. The van der Waals surface area contributed by atoms with Crippen LogP contribution in [0.2, 0.25) is 5.02 Å². The first kappa shape index (κ1) is 20.1. The number of amides is 1. The third-order valence-corrected chi connectivity index (χ3v) is 5.86. The van der Waals surface area contributed by atoms with Crippen LogP contribution in [0.4, 0.5) is 5.69 Å². The van der Waals surface area contributed by atoms with Crippen LogP contribution in [0.1, 0.15) is 21.5 Å². The fraction of sp³-hybridized carbons (Fsp3) is 0.136. The summed E-state index contributed by atoms with van der Waals surface area (Å²) >= 11 is 6.06. The van der Waals surface area contributed by atoms with Gasteiger partial charge in [0.15, 0.2) is 9.84 Å². The zero-order valence-electron chi connectivity index (χ0n) is 15.8. The number of hydrogen-bond acceptors (Lipinski definition) is 3. The fourth-order valence-electron chi connectivity index (χ4n) is 2.92. The molecule has 0 radical (unpaired) electrons. The van der Waals surface area contributed by atoms with Gasteiger partial charge < -0.3 is 5.32 Å². The van der Waals surface area contributed by atoms with Gasteiger partial charge in [0.2, 0.25) is 0 Å². The quantitative estimate of drug-likeness (QED) is 0.632. The first-order valence-electron chi connectivity index (χ1n) is 8.64. The minimum Gasteiger partial charge on any atom is -0.322 e. The van der Waals surface area contributed by atoms with Gasteiger partial charge in [0.25, 0.3) is 5.91 Å². The number of hydrogen-bond donors (Lipinski definition) is 1. The summed E-state index contributed by atoms with van der Waals surface area (Å²) in [6.45, 7) is 3.68. The van der Waals surface area contributed by atoms with E-state index in [2.05, 4.69) is 5.32 Å². The van der Waals surface area contributed by atoms with E-state index in [1.165, 1.54) is 12.1 Å². The van der Waals surface area contributed by atoms with Crippen molar-refractivity contribution in [3.8, 4) is 11.1 Å². The van der Waals surface area contributed by atoms with Crippen molar-refractivity contribution in [1.82, 2.24) is 0 Å². The number of benzene rings is 3. The number of aryl methyl sites for hydroxylation is 2. The van der Waals surface area contributed by atoms with Gasteiger partial charge in [-0.2, -0.15) is 0 Å². The molecule has 0 spiro atoms. The SMILES string of the molecule is Cc1cc(-c2cccc(Cl)c2)ccc1NC(=O)c1cc(S(C)(=O)=O)ccc1C. The van der Waals surface area contributed by atoms with Gasteiger partial charge in [0, 0.05) is 22.5 Å². The number of carbonyl (C=O) groups is 1. The molecule has 144 valence electrons. The number of rotatable bonds is 4. The Morgan fingerprint density at radius 2 is 1.61 bits per heavy atom. The molecular formula is C22H20ClNO3S. The Hall–Kier alpha value is -2.63. The van der Waals surface area contributed by atoms with E-state index >= 15 is 0 Å². The van der Waals surface area contributed by atoms with E-state index in [-0.39, 0.29) is 10.8 Å². The van der Waals surface area contributed by atoms with Gasteiger partial charge in [0.1, 0.15) is 0 Å². The van der Waals surface area contributed by atoms with Crippen LogP contribution in [0, 0.1) is 13.8 Å². The Balaban J connectivity index is 1.89. The summed E-state index contributed by atoms with van der Waals surface area (Å²) in [7, 11) is -3.39. The fourth-order valence-corrected chi connectivity index (χ4v) is 3.76. The topological polar surface area (TPSA) is 63.2 Å². The summed E-state index contributed by atoms with van der Waals surface area (Å²) in [5.74, 6) is -0.346. The zero-order valence-corrected chi connectivity index (χ0v) is 17.4. The van der Waals surface area contributed by atoms with E-state index in [9.17, 15) is 13.2 Å². The molecule has 0 aliphatic heterocycles. The van der Waals surface area contributed by atoms with Crippen molar-refractivity contribution in [2.45, 2.75) is 18.7 Å². The van der Waals surface area contributed by atoms with Crippen LogP contribution in [0.15, 0.2) is 65.6 Å². The molecule has 6 heteroatoms. The lowest BCUT2D eigenvalue weighted by atomic mass is 10.0. The molecule has 1 amide bonds. The summed E-state index contributed by atoms with van der Waals surface area (Å²) in [5.41, 5.74) is 4.58. The number of sulfone groups is 1. The smallest absolute Gasteiger partial charge is 0.255 e. The van der Waals surface area contributed by atoms with Gasteiger partial charge in [-0.3, -0.25) is 4.79 Å². The van der Waals surface area contributed by atoms with E-state index in [0.29, 0.717) is 21.8 Å². The van der Waals surface area contributed by atoms with Crippen LogP contribution in [-0.2, 0) is 9.84 Å². The van der Waals surface area contributed by atoms with Crippen molar-refractivity contribution in [3.63, 3.8) is 0 Å². The highest BCUT2D eigenvalue weighted by Crippen LogP contribution is 2.27. The molecule has 0 fully saturated rings. The van der Waals surface area contributed by atoms with Crippen LogP contribution >= 0.6 is 11.6 Å². The second kappa shape index (κ2) is 7.78. The second-order valence-corrected chi connectivity index (χ2v) is 9.20. The standard InChI is InChI=1S/C22H20ClNO3S/c1-14-7-9-19(28(3,26)27)13-20(14)22(25)24-21-10-8-17(11-15(21)2)16-5-4-6-18(23)12-16/h4-13H,1-3H3,(H,24,25). The Bertz CT molecular complexity index is 1170. The van der Waals surface area contributed by atoms with Gasteiger partial charge in [-0.15, -0.1) is 0 Å². The minimum absolute atomic E-state index is 0.122. The molecule has 0 aliphatic carbocycles. The largest absolute Gasteiger partial charge is 0.322 e. The Kier molecular flexibility index (Phi) is 5.59. The van der Waals surface area contributed by atoms with Gasteiger partial charge in [-0.1, -0.05) is 35.9 Å². The van der Waals surface area contributed by atoms with Gasteiger partial charge in [-0.25, -0.2) is 8.42 Å². The first-order chi connectivity index (χ1) is 13.1. The van der Waals surface area contributed by atoms with Gasteiger partial charge >= 0.3 is 0 Å². The highest BCUT2D eigenvalue weighted by molar-refractivity contribution is 7.90. The molecular weight excluding hydrogens is 394 g/mol. The molecule has 0 aliphatic rings. The van der Waals surface area contributed by atoms with Crippen molar-refractivity contribution in [3.05, 3.63) is 82.4 Å². The first-order valence-corrected chi connectivity index (χ1v) is 10.9. The third-order valence-electron chi connectivity index (χ3n) is 4.51. The van der Waals surface area contributed by atoms with Crippen molar-refractivity contribution in [2.75, 3.05) is 11.6 Å². The molecule has 3 aromatic rings. The molecule has 1 N–H and O–H groups in total. The lowest BCUT2D eigenvalue weighted by Crippen LogP contribution is -2.15. The van der Waals surface area contributed by atoms with Crippen molar-refractivity contribution in [2.24, 2.45) is 0 Å². The highest BCUT2D eigenvalue weighted by Gasteiger charge is 2.15. The summed E-state index contributed by atoms with van der Waals surface area (Å²) in [5, 5.41) is 3.54. The summed E-state index contributed by atoms with van der Waals surface area (Å²) in [6.07, 6.45) is 1.12. The van der Waals surface area contributed by atoms with Gasteiger partial charge in [0.05, 0.1) is 4.90 Å². The van der Waals surface area contributed by atoms with E-state index in [0.717, 1.165) is 22.9 Å². The molecule has 3 rings (SSSR count). The number of anilines is 1. The van der Waals surface area contributed by atoms with Crippen LogP contribution in [0.25, 0.3) is 11.1 Å². The molecule has 3 aromatic carbocycles. The normalized spacial score (nSPS) is 11.3. The monoisotopic (exact) mass is 413 g/mol. The molecule has 0 heterocycles. The predicted octanol–water partition coefficient (Wildman–Crippen LogP) is 5.28. The molecule has 0 saturated heterocycles. The highest BCUT2D eigenvalue weighted by atomic mass is 35.5. The zero-order chi connectivity index (χ0) is 20.5. The molecule has 0 unspecified atom stereocenters. The van der Waals surface area contributed by atoms with E-state index in [1.54, 1.807) is 13.0 Å². The van der Waals surface area contributed by atoms with E-state index < -0.39 is 9.84 Å². The van der Waals surface area contributed by atoms with Crippen LogP contribution in [0.3, 0.4) is 0 Å². The van der Waals surface area contributed by atoms with Crippen LogP contribution < -0.4 is 5.32 Å². The van der Waals surface area contributed by atoms with E-state index in [1.807, 2.05) is 49.4 Å².